The van der Waals surface area contributed by atoms with Crippen molar-refractivity contribution < 1.29 is 14.3 Å². The molecule has 0 saturated heterocycles. The molecule has 186 valence electrons. The number of carbonyl (C=O) groups is 1. The summed E-state index contributed by atoms with van der Waals surface area (Å²) < 4.78 is 11.6. The lowest BCUT2D eigenvalue weighted by Crippen LogP contribution is -2.25. The minimum Gasteiger partial charge on any atom is -0.494 e. The second-order valence-corrected chi connectivity index (χ2v) is 10.8. The molecular formula is C30H48O3. The molecule has 2 aliphatic rings. The molecule has 2 saturated carbocycles. The SMILES string of the molecule is CCCCC[C@H]1CC[C@H](CCCOc2ccc(OC(=O)[C@H]3CC[C@H](CCC)CC3)cc2)CC1. The van der Waals surface area contributed by atoms with Crippen LogP contribution in [0.1, 0.15) is 117 Å². The zero-order valence-corrected chi connectivity index (χ0v) is 21.4. The number of hydrogen-bond acceptors (Lipinski definition) is 3. The lowest BCUT2D eigenvalue weighted by Gasteiger charge is -2.28. The second-order valence-electron chi connectivity index (χ2n) is 10.8. The summed E-state index contributed by atoms with van der Waals surface area (Å²) in [4.78, 5) is 12.5. The van der Waals surface area contributed by atoms with Gasteiger partial charge in [-0.3, -0.25) is 4.79 Å². The maximum absolute atomic E-state index is 12.5. The molecule has 0 radical (unpaired) electrons. The fourth-order valence-corrected chi connectivity index (χ4v) is 5.95. The molecule has 0 aliphatic heterocycles. The molecule has 0 amide bonds. The van der Waals surface area contributed by atoms with E-state index in [4.69, 9.17) is 9.47 Å². The molecule has 2 fully saturated rings. The van der Waals surface area contributed by atoms with Crippen molar-refractivity contribution in [1.82, 2.24) is 0 Å². The van der Waals surface area contributed by atoms with Crippen molar-refractivity contribution in [2.45, 2.75) is 117 Å². The minimum absolute atomic E-state index is 0.0568. The third-order valence-electron chi connectivity index (χ3n) is 8.13. The fraction of sp³-hybridized carbons (Fsp3) is 0.767. The molecule has 2 aliphatic carbocycles. The number of esters is 1. The van der Waals surface area contributed by atoms with Gasteiger partial charge in [-0.25, -0.2) is 0 Å². The summed E-state index contributed by atoms with van der Waals surface area (Å²) in [6.45, 7) is 5.31. The van der Waals surface area contributed by atoms with Crippen molar-refractivity contribution >= 4 is 5.97 Å². The first-order valence-corrected chi connectivity index (χ1v) is 14.1. The number of unbranched alkanes of at least 4 members (excludes halogenated alkanes) is 2. The van der Waals surface area contributed by atoms with Crippen molar-refractivity contribution in [2.75, 3.05) is 6.61 Å². The highest BCUT2D eigenvalue weighted by Crippen LogP contribution is 2.35. The van der Waals surface area contributed by atoms with E-state index in [2.05, 4.69) is 13.8 Å². The van der Waals surface area contributed by atoms with Gasteiger partial charge in [0.05, 0.1) is 12.5 Å². The Bertz CT molecular complexity index is 652. The minimum atomic E-state index is -0.0568. The number of ether oxygens (including phenoxy) is 2. The van der Waals surface area contributed by atoms with Crippen LogP contribution < -0.4 is 9.47 Å². The Kier molecular flexibility index (Phi) is 11.6. The first-order valence-electron chi connectivity index (χ1n) is 14.1. The van der Waals surface area contributed by atoms with E-state index in [0.717, 1.165) is 49.4 Å². The molecule has 0 aromatic heterocycles. The Morgan fingerprint density at radius 3 is 1.85 bits per heavy atom. The van der Waals surface area contributed by atoms with Gasteiger partial charge in [-0.05, 0) is 80.5 Å². The van der Waals surface area contributed by atoms with Gasteiger partial charge < -0.3 is 9.47 Å². The van der Waals surface area contributed by atoms with Crippen LogP contribution in [0.5, 0.6) is 11.5 Å². The van der Waals surface area contributed by atoms with Crippen LogP contribution in [0.2, 0.25) is 0 Å². The molecule has 33 heavy (non-hydrogen) atoms. The van der Waals surface area contributed by atoms with Crippen LogP contribution in [0, 0.1) is 23.7 Å². The van der Waals surface area contributed by atoms with Gasteiger partial charge in [-0.2, -0.15) is 0 Å². The predicted molar refractivity (Wildman–Crippen MR) is 137 cm³/mol. The van der Waals surface area contributed by atoms with E-state index in [1.807, 2.05) is 24.3 Å². The second kappa shape index (κ2) is 14.7. The summed E-state index contributed by atoms with van der Waals surface area (Å²) >= 11 is 0. The third-order valence-corrected chi connectivity index (χ3v) is 8.13. The van der Waals surface area contributed by atoms with Crippen molar-refractivity contribution in [3.05, 3.63) is 24.3 Å². The molecular weight excluding hydrogens is 408 g/mol. The van der Waals surface area contributed by atoms with Crippen LogP contribution in [0.25, 0.3) is 0 Å². The van der Waals surface area contributed by atoms with Gasteiger partial charge in [0.1, 0.15) is 11.5 Å². The number of rotatable bonds is 13. The van der Waals surface area contributed by atoms with Gasteiger partial charge in [0.2, 0.25) is 0 Å². The van der Waals surface area contributed by atoms with Crippen LogP contribution in [-0.2, 0) is 4.79 Å². The Labute approximate surface area is 203 Å². The molecule has 3 nitrogen and oxygen atoms in total. The summed E-state index contributed by atoms with van der Waals surface area (Å²) in [6, 6.07) is 7.61. The standard InChI is InChI=1S/C30H48O3/c1-3-5-6-9-25-11-13-26(14-12-25)10-7-23-32-28-19-21-29(22-20-28)33-30(31)27-17-15-24(8-4-2)16-18-27/h19-22,24-27H,3-18,23H2,1-2H3/t24-,25-,26-,27-. The van der Waals surface area contributed by atoms with Gasteiger partial charge in [-0.15, -0.1) is 0 Å². The topological polar surface area (TPSA) is 35.5 Å². The summed E-state index contributed by atoms with van der Waals surface area (Å²) in [5, 5.41) is 0. The maximum atomic E-state index is 12.5. The highest BCUT2D eigenvalue weighted by atomic mass is 16.5. The maximum Gasteiger partial charge on any atom is 0.314 e. The highest BCUT2D eigenvalue weighted by molar-refractivity contribution is 5.75. The van der Waals surface area contributed by atoms with Crippen molar-refractivity contribution in [3.63, 3.8) is 0 Å². The average molecular weight is 457 g/mol. The first-order chi connectivity index (χ1) is 16.2. The van der Waals surface area contributed by atoms with E-state index in [-0.39, 0.29) is 11.9 Å². The number of benzene rings is 1. The van der Waals surface area contributed by atoms with Gasteiger partial charge in [0.15, 0.2) is 0 Å². The van der Waals surface area contributed by atoms with Crippen molar-refractivity contribution in [3.8, 4) is 11.5 Å². The van der Waals surface area contributed by atoms with Gasteiger partial charge in [0, 0.05) is 0 Å². The Hall–Kier alpha value is -1.51. The third kappa shape index (κ3) is 9.33. The van der Waals surface area contributed by atoms with Crippen molar-refractivity contribution in [2.24, 2.45) is 23.7 Å². The molecule has 1 aromatic rings. The van der Waals surface area contributed by atoms with E-state index in [0.29, 0.717) is 5.75 Å². The molecule has 0 atom stereocenters. The van der Waals surface area contributed by atoms with Crippen LogP contribution in [0.3, 0.4) is 0 Å². The largest absolute Gasteiger partial charge is 0.494 e. The highest BCUT2D eigenvalue weighted by Gasteiger charge is 2.27. The number of hydrogen-bond donors (Lipinski definition) is 0. The fourth-order valence-electron chi connectivity index (χ4n) is 5.95. The van der Waals surface area contributed by atoms with Crippen LogP contribution in [-0.4, -0.2) is 12.6 Å². The van der Waals surface area contributed by atoms with E-state index < -0.39 is 0 Å². The van der Waals surface area contributed by atoms with E-state index in [9.17, 15) is 4.79 Å². The van der Waals surface area contributed by atoms with Crippen LogP contribution in [0.15, 0.2) is 24.3 Å². The van der Waals surface area contributed by atoms with Gasteiger partial charge in [-0.1, -0.05) is 78.1 Å². The van der Waals surface area contributed by atoms with Crippen LogP contribution in [0.4, 0.5) is 0 Å². The molecule has 0 heterocycles. The van der Waals surface area contributed by atoms with E-state index >= 15 is 0 Å². The molecule has 1 aromatic carbocycles. The average Bonchev–Trinajstić information content (AvgIpc) is 2.84. The molecule has 3 heteroatoms. The van der Waals surface area contributed by atoms with Crippen molar-refractivity contribution in [1.29, 1.82) is 0 Å². The van der Waals surface area contributed by atoms with E-state index in [1.54, 1.807) is 0 Å². The smallest absolute Gasteiger partial charge is 0.314 e. The molecule has 0 bridgehead atoms. The summed E-state index contributed by atoms with van der Waals surface area (Å²) in [6.07, 6.45) is 20.6. The predicted octanol–water partition coefficient (Wildman–Crippen LogP) is 8.74. The first kappa shape index (κ1) is 26.1. The molecule has 3 rings (SSSR count). The zero-order chi connectivity index (χ0) is 23.3. The zero-order valence-electron chi connectivity index (χ0n) is 21.4. The molecule has 0 N–H and O–H groups in total. The summed E-state index contributed by atoms with van der Waals surface area (Å²) in [5.41, 5.74) is 0. The van der Waals surface area contributed by atoms with Gasteiger partial charge >= 0.3 is 5.97 Å². The summed E-state index contributed by atoms with van der Waals surface area (Å²) in [5.74, 6) is 4.22. The number of carbonyl (C=O) groups excluding carboxylic acids is 1. The molecule has 0 spiro atoms. The van der Waals surface area contributed by atoms with E-state index in [1.165, 1.54) is 83.5 Å². The summed E-state index contributed by atoms with van der Waals surface area (Å²) in [7, 11) is 0. The van der Waals surface area contributed by atoms with Crippen LogP contribution >= 0.6 is 0 Å². The Morgan fingerprint density at radius 1 is 0.697 bits per heavy atom. The Balaban J connectivity index is 1.27. The quantitative estimate of drug-likeness (QED) is 0.169. The monoisotopic (exact) mass is 456 g/mol. The molecule has 0 unspecified atom stereocenters. The lowest BCUT2D eigenvalue weighted by molar-refractivity contribution is -0.140. The van der Waals surface area contributed by atoms with Gasteiger partial charge in [0.25, 0.3) is 0 Å². The normalized spacial score (nSPS) is 25.5. The Morgan fingerprint density at radius 2 is 1.24 bits per heavy atom. The lowest BCUT2D eigenvalue weighted by atomic mass is 9.78.